The molecule has 1 atom stereocenters. The quantitative estimate of drug-likeness (QED) is 0.524. The summed E-state index contributed by atoms with van der Waals surface area (Å²) in [5, 5.41) is 4.48. The third-order valence-corrected chi connectivity index (χ3v) is 7.81. The number of hydrogen-bond donors (Lipinski definition) is 0. The highest BCUT2D eigenvalue weighted by Crippen LogP contribution is 2.26. The molecule has 2 aromatic carbocycles. The summed E-state index contributed by atoms with van der Waals surface area (Å²) in [5.41, 5.74) is 1.93. The molecule has 174 valence electrons. The minimum absolute atomic E-state index is 0.131. The Bertz CT molecular complexity index is 1240. The number of rotatable bonds is 6. The Labute approximate surface area is 198 Å². The normalized spacial score (nSPS) is 17.1. The molecular weight excluding hydrogens is 464 g/mol. The average molecular weight is 489 g/mol. The molecule has 0 spiro atoms. The van der Waals surface area contributed by atoms with Gasteiger partial charge in [-0.1, -0.05) is 40.5 Å². The van der Waals surface area contributed by atoms with E-state index in [0.29, 0.717) is 36.1 Å². The number of carbonyl (C=O) groups excluding carboxylic acids is 1. The van der Waals surface area contributed by atoms with Crippen LogP contribution in [0.25, 0.3) is 11.4 Å². The molecule has 0 saturated carbocycles. The van der Waals surface area contributed by atoms with Gasteiger partial charge in [0.1, 0.15) is 0 Å². The third kappa shape index (κ3) is 5.26. The number of amides is 1. The van der Waals surface area contributed by atoms with Gasteiger partial charge in [0.25, 0.3) is 0 Å². The van der Waals surface area contributed by atoms with Crippen molar-refractivity contribution in [1.82, 2.24) is 19.3 Å². The van der Waals surface area contributed by atoms with Crippen LogP contribution in [-0.4, -0.2) is 53.8 Å². The second-order valence-electron chi connectivity index (χ2n) is 8.23. The molecule has 1 aromatic heterocycles. The smallest absolute Gasteiger partial charge is 0.246 e. The summed E-state index contributed by atoms with van der Waals surface area (Å²) in [4.78, 5) is 19.2. The van der Waals surface area contributed by atoms with Crippen molar-refractivity contribution in [2.45, 2.75) is 31.2 Å². The lowest BCUT2D eigenvalue weighted by molar-refractivity contribution is -0.136. The largest absolute Gasteiger partial charge is 0.337 e. The molecule has 2 heterocycles. The first-order valence-electron chi connectivity index (χ1n) is 10.6. The van der Waals surface area contributed by atoms with E-state index in [0.717, 1.165) is 11.1 Å². The van der Waals surface area contributed by atoms with Crippen LogP contribution in [-0.2, 0) is 21.4 Å². The van der Waals surface area contributed by atoms with E-state index < -0.39 is 15.9 Å². The van der Waals surface area contributed by atoms with Crippen LogP contribution >= 0.6 is 11.6 Å². The molecule has 1 amide bonds. The van der Waals surface area contributed by atoms with Crippen molar-refractivity contribution >= 4 is 27.5 Å². The third-order valence-electron chi connectivity index (χ3n) is 5.68. The highest BCUT2D eigenvalue weighted by molar-refractivity contribution is 7.89. The Balaban J connectivity index is 1.42. The van der Waals surface area contributed by atoms with Crippen LogP contribution in [0.5, 0.6) is 0 Å². The van der Waals surface area contributed by atoms with Gasteiger partial charge in [0.05, 0.1) is 17.4 Å². The topological polar surface area (TPSA) is 96.6 Å². The summed E-state index contributed by atoms with van der Waals surface area (Å²) in [6.45, 7) is 2.64. The van der Waals surface area contributed by atoms with Gasteiger partial charge in [-0.05, 0) is 50.1 Å². The van der Waals surface area contributed by atoms with Crippen LogP contribution in [0.3, 0.4) is 0 Å². The molecule has 1 aliphatic heterocycles. The molecule has 0 N–H and O–H groups in total. The number of aryl methyl sites for hydroxylation is 1. The Morgan fingerprint density at radius 2 is 2.00 bits per heavy atom. The van der Waals surface area contributed by atoms with E-state index >= 15 is 0 Å². The number of aromatic nitrogens is 2. The molecule has 3 aromatic rings. The minimum Gasteiger partial charge on any atom is -0.337 e. The molecule has 0 unspecified atom stereocenters. The van der Waals surface area contributed by atoms with Crippen LogP contribution in [0.2, 0.25) is 5.02 Å². The Hall–Kier alpha value is -2.75. The van der Waals surface area contributed by atoms with Gasteiger partial charge in [0.15, 0.2) is 0 Å². The van der Waals surface area contributed by atoms with Gasteiger partial charge in [-0.2, -0.15) is 9.29 Å². The lowest BCUT2D eigenvalue weighted by Gasteiger charge is -2.33. The van der Waals surface area contributed by atoms with Gasteiger partial charge in [-0.25, -0.2) is 8.42 Å². The molecule has 8 nitrogen and oxygen atoms in total. The lowest BCUT2D eigenvalue weighted by Crippen LogP contribution is -2.45. The fourth-order valence-corrected chi connectivity index (χ4v) is 5.58. The molecule has 0 bridgehead atoms. The van der Waals surface area contributed by atoms with Gasteiger partial charge >= 0.3 is 0 Å². The van der Waals surface area contributed by atoms with Crippen LogP contribution in [0, 0.1) is 12.8 Å². The summed E-state index contributed by atoms with van der Waals surface area (Å²) in [6.07, 6.45) is 1.23. The fourth-order valence-electron chi connectivity index (χ4n) is 3.93. The Kier molecular flexibility index (Phi) is 6.83. The van der Waals surface area contributed by atoms with Gasteiger partial charge < -0.3 is 9.42 Å². The second-order valence-corrected chi connectivity index (χ2v) is 10.6. The van der Waals surface area contributed by atoms with E-state index in [9.17, 15) is 13.2 Å². The van der Waals surface area contributed by atoms with Crippen LogP contribution < -0.4 is 0 Å². The van der Waals surface area contributed by atoms with E-state index in [1.807, 2.05) is 31.2 Å². The molecule has 0 aliphatic carbocycles. The Morgan fingerprint density at radius 3 is 2.73 bits per heavy atom. The van der Waals surface area contributed by atoms with E-state index in [1.54, 1.807) is 19.2 Å². The van der Waals surface area contributed by atoms with Crippen molar-refractivity contribution < 1.29 is 17.7 Å². The number of benzene rings is 2. The fraction of sp³-hybridized carbons (Fsp3) is 0.348. The predicted molar refractivity (Wildman–Crippen MR) is 124 cm³/mol. The Morgan fingerprint density at radius 1 is 1.24 bits per heavy atom. The number of halogens is 1. The molecule has 4 rings (SSSR count). The van der Waals surface area contributed by atoms with Crippen molar-refractivity contribution in [3.63, 3.8) is 0 Å². The number of nitrogens with zero attached hydrogens (tertiary/aromatic N) is 4. The van der Waals surface area contributed by atoms with Gasteiger partial charge in [0, 0.05) is 30.7 Å². The summed E-state index contributed by atoms with van der Waals surface area (Å²) >= 11 is 5.88. The van der Waals surface area contributed by atoms with Crippen molar-refractivity contribution in [3.8, 4) is 11.4 Å². The molecular formula is C23H25ClN4O4S. The first-order valence-corrected chi connectivity index (χ1v) is 12.5. The SMILES string of the molecule is Cc1cccc(-c2noc(CN(C)C(=O)[C@H]3CCCN(S(=O)(=O)c4ccc(Cl)cc4)C3)n2)c1. The zero-order valence-electron chi connectivity index (χ0n) is 18.4. The van der Waals surface area contributed by atoms with Crippen molar-refractivity contribution in [1.29, 1.82) is 0 Å². The maximum atomic E-state index is 13.1. The maximum absolute atomic E-state index is 13.1. The molecule has 33 heavy (non-hydrogen) atoms. The van der Waals surface area contributed by atoms with E-state index in [1.165, 1.54) is 21.3 Å². The number of piperidine rings is 1. The zero-order chi connectivity index (χ0) is 23.6. The summed E-state index contributed by atoms with van der Waals surface area (Å²) in [6, 6.07) is 13.8. The summed E-state index contributed by atoms with van der Waals surface area (Å²) < 4.78 is 32.7. The second kappa shape index (κ2) is 9.62. The predicted octanol–water partition coefficient (Wildman–Crippen LogP) is 3.76. The van der Waals surface area contributed by atoms with Gasteiger partial charge in [0.2, 0.25) is 27.6 Å². The maximum Gasteiger partial charge on any atom is 0.246 e. The standard InChI is InChI=1S/C23H25ClN4O4S/c1-16-5-3-6-17(13-16)22-25-21(32-26-22)15-27(2)23(29)18-7-4-12-28(14-18)33(30,31)20-10-8-19(24)9-11-20/h3,5-6,8-11,13,18H,4,7,12,14-15H2,1-2H3/t18-/m0/s1. The number of sulfonamides is 1. The molecule has 1 saturated heterocycles. The van der Waals surface area contributed by atoms with E-state index in [4.69, 9.17) is 16.1 Å². The number of hydrogen-bond acceptors (Lipinski definition) is 6. The summed E-state index contributed by atoms with van der Waals surface area (Å²) in [7, 11) is -2.04. The summed E-state index contributed by atoms with van der Waals surface area (Å²) in [5.74, 6) is 0.197. The molecule has 10 heteroatoms. The molecule has 1 aliphatic rings. The zero-order valence-corrected chi connectivity index (χ0v) is 20.0. The van der Waals surface area contributed by atoms with Crippen LogP contribution in [0.1, 0.15) is 24.3 Å². The minimum atomic E-state index is -3.70. The van der Waals surface area contributed by atoms with Crippen molar-refractivity contribution in [2.24, 2.45) is 5.92 Å². The van der Waals surface area contributed by atoms with Crippen molar-refractivity contribution in [2.75, 3.05) is 20.1 Å². The van der Waals surface area contributed by atoms with E-state index in [2.05, 4.69) is 10.1 Å². The average Bonchev–Trinajstić information content (AvgIpc) is 3.27. The highest BCUT2D eigenvalue weighted by atomic mass is 35.5. The molecule has 1 fully saturated rings. The highest BCUT2D eigenvalue weighted by Gasteiger charge is 2.34. The van der Waals surface area contributed by atoms with E-state index in [-0.39, 0.29) is 23.9 Å². The van der Waals surface area contributed by atoms with Crippen molar-refractivity contribution in [3.05, 3.63) is 65.0 Å². The van der Waals surface area contributed by atoms with Gasteiger partial charge in [-0.3, -0.25) is 4.79 Å². The number of carbonyl (C=O) groups is 1. The monoisotopic (exact) mass is 488 g/mol. The first-order chi connectivity index (χ1) is 15.7. The van der Waals surface area contributed by atoms with Crippen LogP contribution in [0.15, 0.2) is 57.9 Å². The first kappa shape index (κ1) is 23.4. The lowest BCUT2D eigenvalue weighted by atomic mass is 9.98. The van der Waals surface area contributed by atoms with Crippen LogP contribution in [0.4, 0.5) is 0 Å². The van der Waals surface area contributed by atoms with Gasteiger partial charge in [-0.15, -0.1) is 0 Å². The molecule has 0 radical (unpaired) electrons.